The molecule has 3 heteroatoms. The first-order valence-electron chi connectivity index (χ1n) is 10.0. The Morgan fingerprint density at radius 3 is 2.70 bits per heavy atom. The van der Waals surface area contributed by atoms with E-state index < -0.39 is 0 Å². The molecule has 0 bridgehead atoms. The fraction of sp³-hybridized carbons (Fsp3) is 0.417. The first kappa shape index (κ1) is 18.0. The molecule has 1 fully saturated rings. The molecule has 27 heavy (non-hydrogen) atoms. The zero-order chi connectivity index (χ0) is 19.1. The van der Waals surface area contributed by atoms with Gasteiger partial charge in [-0.25, -0.2) is 0 Å². The zero-order valence-electron chi connectivity index (χ0n) is 16.7. The Morgan fingerprint density at radius 1 is 1.26 bits per heavy atom. The molecule has 1 aromatic carbocycles. The third-order valence-corrected chi connectivity index (χ3v) is 5.50. The standard InChI is InChI=1S/C24H28N2O/c1-15(2)13-26-14-16(3)21-9-18(5-8-24(21)26)10-23-22(17(4)27)11-20(12-25-23)19-6-7-19/h5,8-9,11-12,14-15,19H,6-7,10,13H2,1-4H3. The van der Waals surface area contributed by atoms with Gasteiger partial charge < -0.3 is 4.57 Å². The van der Waals surface area contributed by atoms with E-state index in [1.165, 1.54) is 40.4 Å². The molecule has 0 atom stereocenters. The number of hydrogen-bond acceptors (Lipinski definition) is 2. The van der Waals surface area contributed by atoms with Gasteiger partial charge in [0.1, 0.15) is 0 Å². The van der Waals surface area contributed by atoms with Crippen LogP contribution in [0.3, 0.4) is 0 Å². The van der Waals surface area contributed by atoms with Gasteiger partial charge in [0.15, 0.2) is 5.78 Å². The summed E-state index contributed by atoms with van der Waals surface area (Å²) in [6.45, 7) is 9.34. The summed E-state index contributed by atoms with van der Waals surface area (Å²) in [4.78, 5) is 16.9. The van der Waals surface area contributed by atoms with Crippen LogP contribution in [-0.4, -0.2) is 15.3 Å². The Kier molecular flexibility index (Phi) is 4.63. The summed E-state index contributed by atoms with van der Waals surface area (Å²) in [6, 6.07) is 8.73. The van der Waals surface area contributed by atoms with E-state index in [4.69, 9.17) is 0 Å². The second-order valence-corrected chi connectivity index (χ2v) is 8.48. The van der Waals surface area contributed by atoms with E-state index in [1.54, 1.807) is 6.92 Å². The molecule has 1 saturated carbocycles. The highest BCUT2D eigenvalue weighted by Gasteiger charge is 2.25. The fourth-order valence-electron chi connectivity index (χ4n) is 3.96. The van der Waals surface area contributed by atoms with Gasteiger partial charge in [0, 0.05) is 41.8 Å². The van der Waals surface area contributed by atoms with Crippen molar-refractivity contribution in [3.63, 3.8) is 0 Å². The van der Waals surface area contributed by atoms with Crippen molar-refractivity contribution in [3.8, 4) is 0 Å². The second kappa shape index (κ2) is 6.95. The van der Waals surface area contributed by atoms with Gasteiger partial charge in [-0.2, -0.15) is 0 Å². The molecule has 3 nitrogen and oxygen atoms in total. The van der Waals surface area contributed by atoms with Crippen molar-refractivity contribution >= 4 is 16.7 Å². The van der Waals surface area contributed by atoms with Crippen LogP contribution in [0.2, 0.25) is 0 Å². The molecule has 2 aromatic heterocycles. The molecule has 0 amide bonds. The number of rotatable bonds is 6. The van der Waals surface area contributed by atoms with Crippen molar-refractivity contribution in [3.05, 3.63) is 64.6 Å². The number of hydrogen-bond donors (Lipinski definition) is 0. The van der Waals surface area contributed by atoms with Gasteiger partial charge in [-0.15, -0.1) is 0 Å². The molecule has 0 aliphatic heterocycles. The van der Waals surface area contributed by atoms with Crippen LogP contribution >= 0.6 is 0 Å². The third-order valence-electron chi connectivity index (χ3n) is 5.50. The summed E-state index contributed by atoms with van der Waals surface area (Å²) in [5.74, 6) is 1.34. The van der Waals surface area contributed by atoms with Gasteiger partial charge in [-0.3, -0.25) is 9.78 Å². The number of carbonyl (C=O) groups is 1. The molecule has 0 saturated heterocycles. The molecule has 0 unspecified atom stereocenters. The van der Waals surface area contributed by atoms with Gasteiger partial charge in [-0.1, -0.05) is 19.9 Å². The van der Waals surface area contributed by atoms with E-state index in [-0.39, 0.29) is 5.78 Å². The summed E-state index contributed by atoms with van der Waals surface area (Å²) < 4.78 is 2.35. The highest BCUT2D eigenvalue weighted by molar-refractivity contribution is 5.95. The largest absolute Gasteiger partial charge is 0.347 e. The summed E-state index contributed by atoms with van der Waals surface area (Å²) >= 11 is 0. The number of fused-ring (bicyclic) bond motifs is 1. The van der Waals surface area contributed by atoms with Gasteiger partial charge in [0.2, 0.25) is 0 Å². The summed E-state index contributed by atoms with van der Waals surface area (Å²) in [5, 5.41) is 1.30. The predicted octanol–water partition coefficient (Wildman–Crippen LogP) is 5.67. The smallest absolute Gasteiger partial charge is 0.161 e. The maximum absolute atomic E-state index is 12.2. The fourth-order valence-corrected chi connectivity index (χ4v) is 3.96. The van der Waals surface area contributed by atoms with Crippen molar-refractivity contribution in [2.24, 2.45) is 5.92 Å². The molecule has 1 aliphatic rings. The number of nitrogens with zero attached hydrogens (tertiary/aromatic N) is 2. The lowest BCUT2D eigenvalue weighted by molar-refractivity contribution is 0.101. The Morgan fingerprint density at radius 2 is 2.04 bits per heavy atom. The minimum Gasteiger partial charge on any atom is -0.347 e. The minimum atomic E-state index is 0.111. The Bertz CT molecular complexity index is 1010. The molecular formula is C24H28N2O. The molecule has 4 rings (SSSR count). The number of benzene rings is 1. The number of aryl methyl sites for hydroxylation is 1. The van der Waals surface area contributed by atoms with Gasteiger partial charge >= 0.3 is 0 Å². The van der Waals surface area contributed by atoms with Gasteiger partial charge in [0.25, 0.3) is 0 Å². The SMILES string of the molecule is CC(=O)c1cc(C2CC2)cnc1Cc1ccc2c(c1)c(C)cn2CC(C)C. The van der Waals surface area contributed by atoms with Crippen LogP contribution in [0.1, 0.15) is 72.3 Å². The first-order valence-corrected chi connectivity index (χ1v) is 10.0. The van der Waals surface area contributed by atoms with Crippen LogP contribution in [-0.2, 0) is 13.0 Å². The third kappa shape index (κ3) is 3.69. The maximum Gasteiger partial charge on any atom is 0.161 e. The molecular weight excluding hydrogens is 332 g/mol. The molecule has 2 heterocycles. The molecule has 1 aliphatic carbocycles. The van der Waals surface area contributed by atoms with Crippen LogP contribution in [0.25, 0.3) is 10.9 Å². The van der Waals surface area contributed by atoms with Crippen molar-refractivity contribution in [2.75, 3.05) is 0 Å². The number of ketones is 1. The summed E-state index contributed by atoms with van der Waals surface area (Å²) in [7, 11) is 0. The Balaban J connectivity index is 1.67. The zero-order valence-corrected chi connectivity index (χ0v) is 16.7. The number of pyridine rings is 1. The number of carbonyl (C=O) groups excluding carboxylic acids is 1. The van der Waals surface area contributed by atoms with Crippen LogP contribution in [0.4, 0.5) is 0 Å². The second-order valence-electron chi connectivity index (χ2n) is 8.48. The van der Waals surface area contributed by atoms with E-state index in [2.05, 4.69) is 60.8 Å². The lowest BCUT2D eigenvalue weighted by atomic mass is 9.99. The highest BCUT2D eigenvalue weighted by atomic mass is 16.1. The van der Waals surface area contributed by atoms with Crippen molar-refractivity contribution in [1.82, 2.24) is 9.55 Å². The maximum atomic E-state index is 12.2. The molecule has 140 valence electrons. The number of Topliss-reactive ketones (excluding diaryl/α,β-unsaturated/α-hetero) is 1. The van der Waals surface area contributed by atoms with Crippen molar-refractivity contribution in [2.45, 2.75) is 59.4 Å². The number of aromatic nitrogens is 2. The topological polar surface area (TPSA) is 34.9 Å². The molecule has 0 N–H and O–H groups in total. The van der Waals surface area contributed by atoms with Crippen molar-refractivity contribution in [1.29, 1.82) is 0 Å². The van der Waals surface area contributed by atoms with Crippen molar-refractivity contribution < 1.29 is 4.79 Å². The van der Waals surface area contributed by atoms with Gasteiger partial charge in [-0.05, 0) is 73.4 Å². The van der Waals surface area contributed by atoms with E-state index in [0.717, 1.165) is 17.8 Å². The minimum absolute atomic E-state index is 0.111. The quantitative estimate of drug-likeness (QED) is 0.531. The highest BCUT2D eigenvalue weighted by Crippen LogP contribution is 2.40. The van der Waals surface area contributed by atoms with Crippen LogP contribution < -0.4 is 0 Å². The van der Waals surface area contributed by atoms with Crippen LogP contribution in [0.5, 0.6) is 0 Å². The first-order chi connectivity index (χ1) is 12.9. The lowest BCUT2D eigenvalue weighted by Gasteiger charge is -2.10. The molecule has 0 radical (unpaired) electrons. The predicted molar refractivity (Wildman–Crippen MR) is 111 cm³/mol. The summed E-state index contributed by atoms with van der Waals surface area (Å²) in [6.07, 6.45) is 7.37. The summed E-state index contributed by atoms with van der Waals surface area (Å²) in [5.41, 5.74) is 6.70. The Labute approximate surface area is 161 Å². The molecule has 0 spiro atoms. The van der Waals surface area contributed by atoms with E-state index in [9.17, 15) is 4.79 Å². The Hall–Kier alpha value is -2.42. The van der Waals surface area contributed by atoms with Crippen LogP contribution in [0, 0.1) is 12.8 Å². The lowest BCUT2D eigenvalue weighted by Crippen LogP contribution is -2.05. The monoisotopic (exact) mass is 360 g/mol. The van der Waals surface area contributed by atoms with E-state index >= 15 is 0 Å². The van der Waals surface area contributed by atoms with Crippen LogP contribution in [0.15, 0.2) is 36.7 Å². The molecule has 3 aromatic rings. The normalized spacial score (nSPS) is 14.3. The van der Waals surface area contributed by atoms with E-state index in [0.29, 0.717) is 18.3 Å². The average molecular weight is 361 g/mol. The van der Waals surface area contributed by atoms with Gasteiger partial charge in [0.05, 0.1) is 5.69 Å². The average Bonchev–Trinajstić information content (AvgIpc) is 3.41. The van der Waals surface area contributed by atoms with E-state index in [1.807, 2.05) is 6.20 Å².